The standard InChI is InChI=1S/C31H30N4O3/c1-34(22-23-10-5-3-6-11-23)30(37)25-12-9-13-27(20-25)33-29(36)21-32-26-18-16-24(17-19-26)31(38)35(2)28-14-7-4-8-15-28/h3-20,32H,21-22H2,1-2H3,(H,33,36). The van der Waals surface area contributed by atoms with Crippen molar-refractivity contribution in [1.82, 2.24) is 4.90 Å². The van der Waals surface area contributed by atoms with Gasteiger partial charge in [-0.15, -0.1) is 0 Å². The molecule has 7 nitrogen and oxygen atoms in total. The minimum atomic E-state index is -0.254. The summed E-state index contributed by atoms with van der Waals surface area (Å²) in [5.74, 6) is -0.504. The number of nitrogens with zero attached hydrogens (tertiary/aromatic N) is 2. The van der Waals surface area contributed by atoms with E-state index in [1.54, 1.807) is 72.4 Å². The molecule has 0 unspecified atom stereocenters. The van der Waals surface area contributed by atoms with Crippen LogP contribution in [-0.4, -0.2) is 43.3 Å². The van der Waals surface area contributed by atoms with Crippen LogP contribution in [-0.2, 0) is 11.3 Å². The normalized spacial score (nSPS) is 10.4. The van der Waals surface area contributed by atoms with Gasteiger partial charge in [-0.05, 0) is 60.2 Å². The van der Waals surface area contributed by atoms with E-state index in [2.05, 4.69) is 10.6 Å². The average Bonchev–Trinajstić information content (AvgIpc) is 2.96. The van der Waals surface area contributed by atoms with E-state index in [9.17, 15) is 14.4 Å². The lowest BCUT2D eigenvalue weighted by Gasteiger charge is -2.18. The van der Waals surface area contributed by atoms with Crippen molar-refractivity contribution in [1.29, 1.82) is 0 Å². The van der Waals surface area contributed by atoms with Gasteiger partial charge in [0.1, 0.15) is 0 Å². The van der Waals surface area contributed by atoms with Gasteiger partial charge in [-0.25, -0.2) is 0 Å². The van der Waals surface area contributed by atoms with Crippen LogP contribution in [0.3, 0.4) is 0 Å². The Bertz CT molecular complexity index is 1390. The Hall–Kier alpha value is -4.91. The number of hydrogen-bond donors (Lipinski definition) is 2. The number of carbonyl (C=O) groups is 3. The fourth-order valence-corrected chi connectivity index (χ4v) is 3.96. The van der Waals surface area contributed by atoms with Crippen LogP contribution in [0.4, 0.5) is 17.1 Å². The Labute approximate surface area is 222 Å². The third-order valence-corrected chi connectivity index (χ3v) is 6.04. The molecule has 0 spiro atoms. The average molecular weight is 507 g/mol. The first-order valence-electron chi connectivity index (χ1n) is 12.3. The van der Waals surface area contributed by atoms with Crippen LogP contribution in [0.15, 0.2) is 109 Å². The fraction of sp³-hybridized carbons (Fsp3) is 0.129. The van der Waals surface area contributed by atoms with Crippen molar-refractivity contribution in [3.63, 3.8) is 0 Å². The first kappa shape index (κ1) is 26.2. The first-order chi connectivity index (χ1) is 18.4. The molecule has 4 aromatic rings. The third-order valence-electron chi connectivity index (χ3n) is 6.04. The van der Waals surface area contributed by atoms with E-state index in [1.165, 1.54) is 0 Å². The zero-order chi connectivity index (χ0) is 26.9. The molecule has 192 valence electrons. The van der Waals surface area contributed by atoms with Crippen molar-refractivity contribution in [3.05, 3.63) is 126 Å². The lowest BCUT2D eigenvalue weighted by Crippen LogP contribution is -2.26. The molecule has 38 heavy (non-hydrogen) atoms. The molecule has 4 rings (SSSR count). The molecule has 0 bridgehead atoms. The summed E-state index contributed by atoms with van der Waals surface area (Å²) in [7, 11) is 3.49. The molecule has 0 saturated carbocycles. The number of anilines is 3. The maximum absolute atomic E-state index is 12.9. The SMILES string of the molecule is CN(Cc1ccccc1)C(=O)c1cccc(NC(=O)CNc2ccc(C(=O)N(C)c3ccccc3)cc2)c1. The molecule has 4 aromatic carbocycles. The van der Waals surface area contributed by atoms with E-state index >= 15 is 0 Å². The number of carbonyl (C=O) groups excluding carboxylic acids is 3. The molecular weight excluding hydrogens is 476 g/mol. The molecule has 2 N–H and O–H groups in total. The highest BCUT2D eigenvalue weighted by Gasteiger charge is 2.14. The molecule has 0 atom stereocenters. The zero-order valence-electron chi connectivity index (χ0n) is 21.4. The predicted molar refractivity (Wildman–Crippen MR) is 151 cm³/mol. The van der Waals surface area contributed by atoms with Crippen LogP contribution in [0, 0.1) is 0 Å². The van der Waals surface area contributed by atoms with E-state index < -0.39 is 0 Å². The van der Waals surface area contributed by atoms with Crippen molar-refractivity contribution in [2.45, 2.75) is 6.54 Å². The van der Waals surface area contributed by atoms with Gasteiger partial charge < -0.3 is 20.4 Å². The molecule has 0 aliphatic heterocycles. The number of rotatable bonds is 9. The smallest absolute Gasteiger partial charge is 0.258 e. The molecular formula is C31H30N4O3. The summed E-state index contributed by atoms with van der Waals surface area (Å²) < 4.78 is 0. The van der Waals surface area contributed by atoms with Crippen LogP contribution in [0.5, 0.6) is 0 Å². The molecule has 0 aliphatic carbocycles. The Morgan fingerprint density at radius 1 is 0.658 bits per heavy atom. The summed E-state index contributed by atoms with van der Waals surface area (Å²) in [5, 5.41) is 5.89. The summed E-state index contributed by atoms with van der Waals surface area (Å²) in [6, 6.07) is 33.1. The molecule has 0 heterocycles. The maximum atomic E-state index is 12.9. The van der Waals surface area contributed by atoms with Gasteiger partial charge in [0.15, 0.2) is 0 Å². The molecule has 0 radical (unpaired) electrons. The van der Waals surface area contributed by atoms with Crippen molar-refractivity contribution in [2.24, 2.45) is 0 Å². The second-order valence-electron chi connectivity index (χ2n) is 8.91. The minimum Gasteiger partial charge on any atom is -0.376 e. The second kappa shape index (κ2) is 12.4. The zero-order valence-corrected chi connectivity index (χ0v) is 21.4. The van der Waals surface area contributed by atoms with E-state index in [-0.39, 0.29) is 24.3 Å². The Kier molecular flexibility index (Phi) is 8.51. The number of nitrogens with one attached hydrogen (secondary N) is 2. The van der Waals surface area contributed by atoms with Gasteiger partial charge in [0, 0.05) is 48.8 Å². The summed E-state index contributed by atoms with van der Waals surface area (Å²) >= 11 is 0. The van der Waals surface area contributed by atoms with Gasteiger partial charge >= 0.3 is 0 Å². The molecule has 7 heteroatoms. The van der Waals surface area contributed by atoms with Crippen LogP contribution in [0.1, 0.15) is 26.3 Å². The minimum absolute atomic E-state index is 0.0310. The number of para-hydroxylation sites is 1. The molecule has 3 amide bonds. The van der Waals surface area contributed by atoms with Crippen molar-refractivity contribution in [2.75, 3.05) is 36.2 Å². The highest BCUT2D eigenvalue weighted by atomic mass is 16.2. The van der Waals surface area contributed by atoms with Gasteiger partial charge in [-0.2, -0.15) is 0 Å². The van der Waals surface area contributed by atoms with Gasteiger partial charge in [0.25, 0.3) is 11.8 Å². The molecule has 0 saturated heterocycles. The summed E-state index contributed by atoms with van der Waals surface area (Å²) in [4.78, 5) is 41.4. The van der Waals surface area contributed by atoms with Crippen LogP contribution in [0.25, 0.3) is 0 Å². The van der Waals surface area contributed by atoms with E-state index in [4.69, 9.17) is 0 Å². The number of benzene rings is 4. The molecule has 0 fully saturated rings. The van der Waals surface area contributed by atoms with Gasteiger partial charge in [0.2, 0.25) is 5.91 Å². The van der Waals surface area contributed by atoms with Crippen LogP contribution in [0.2, 0.25) is 0 Å². The Morgan fingerprint density at radius 2 is 1.32 bits per heavy atom. The van der Waals surface area contributed by atoms with Crippen LogP contribution >= 0.6 is 0 Å². The van der Waals surface area contributed by atoms with Gasteiger partial charge in [0.05, 0.1) is 6.54 Å². The first-order valence-corrected chi connectivity index (χ1v) is 12.3. The second-order valence-corrected chi connectivity index (χ2v) is 8.91. The predicted octanol–water partition coefficient (Wildman–Crippen LogP) is 5.29. The Balaban J connectivity index is 1.29. The van der Waals surface area contributed by atoms with E-state index in [0.717, 1.165) is 11.3 Å². The van der Waals surface area contributed by atoms with Crippen molar-refractivity contribution in [3.8, 4) is 0 Å². The fourth-order valence-electron chi connectivity index (χ4n) is 3.96. The van der Waals surface area contributed by atoms with E-state index in [0.29, 0.717) is 29.0 Å². The third kappa shape index (κ3) is 6.85. The molecule has 0 aromatic heterocycles. The summed E-state index contributed by atoms with van der Waals surface area (Å²) in [6.07, 6.45) is 0. The molecule has 0 aliphatic rings. The quantitative estimate of drug-likeness (QED) is 0.323. The number of hydrogen-bond acceptors (Lipinski definition) is 4. The van der Waals surface area contributed by atoms with Crippen LogP contribution < -0.4 is 15.5 Å². The highest BCUT2D eigenvalue weighted by molar-refractivity contribution is 6.06. The number of amides is 3. The van der Waals surface area contributed by atoms with E-state index in [1.807, 2.05) is 60.7 Å². The van der Waals surface area contributed by atoms with Gasteiger partial charge in [-0.1, -0.05) is 54.6 Å². The Morgan fingerprint density at radius 3 is 2.00 bits per heavy atom. The summed E-state index contributed by atoms with van der Waals surface area (Å²) in [6.45, 7) is 0.524. The van der Waals surface area contributed by atoms with Crippen molar-refractivity contribution >= 4 is 34.8 Å². The highest BCUT2D eigenvalue weighted by Crippen LogP contribution is 2.17. The van der Waals surface area contributed by atoms with Gasteiger partial charge in [-0.3, -0.25) is 14.4 Å². The lowest BCUT2D eigenvalue weighted by atomic mass is 10.1. The maximum Gasteiger partial charge on any atom is 0.258 e. The topological polar surface area (TPSA) is 81.8 Å². The summed E-state index contributed by atoms with van der Waals surface area (Å²) in [5.41, 5.74) is 4.15. The monoisotopic (exact) mass is 506 g/mol. The largest absolute Gasteiger partial charge is 0.376 e. The van der Waals surface area contributed by atoms with Crippen molar-refractivity contribution < 1.29 is 14.4 Å². The lowest BCUT2D eigenvalue weighted by molar-refractivity contribution is -0.114.